The van der Waals surface area contributed by atoms with Crippen LogP contribution in [-0.2, 0) is 4.74 Å². The highest BCUT2D eigenvalue weighted by molar-refractivity contribution is 4.89. The Labute approximate surface area is 99.7 Å². The lowest BCUT2D eigenvalue weighted by molar-refractivity contribution is 0.0125. The van der Waals surface area contributed by atoms with Gasteiger partial charge >= 0.3 is 0 Å². The first kappa shape index (κ1) is 13.9. The van der Waals surface area contributed by atoms with Gasteiger partial charge in [-0.05, 0) is 33.9 Å². The molecule has 1 atom stereocenters. The molecule has 2 N–H and O–H groups in total. The van der Waals surface area contributed by atoms with Crippen LogP contribution < -0.4 is 5.73 Å². The Morgan fingerprint density at radius 3 is 2.62 bits per heavy atom. The maximum absolute atomic E-state index is 5.93. The Morgan fingerprint density at radius 2 is 2.00 bits per heavy atom. The first-order valence-electron chi connectivity index (χ1n) is 6.34. The predicted molar refractivity (Wildman–Crippen MR) is 67.6 cm³/mol. The van der Waals surface area contributed by atoms with Gasteiger partial charge in [0, 0.05) is 32.8 Å². The minimum atomic E-state index is 0.00118. The maximum atomic E-state index is 5.93. The summed E-state index contributed by atoms with van der Waals surface area (Å²) >= 11 is 0. The molecule has 0 bridgehead atoms. The number of hydrogen-bond donors (Lipinski definition) is 1. The van der Waals surface area contributed by atoms with Crippen molar-refractivity contribution in [3.05, 3.63) is 0 Å². The first-order chi connectivity index (χ1) is 7.62. The second-order valence-corrected chi connectivity index (χ2v) is 4.98. The van der Waals surface area contributed by atoms with Crippen LogP contribution in [0.2, 0.25) is 0 Å². The average molecular weight is 229 g/mol. The molecule has 1 aliphatic rings. The van der Waals surface area contributed by atoms with Crippen LogP contribution >= 0.6 is 0 Å². The molecule has 0 amide bonds. The topological polar surface area (TPSA) is 41.7 Å². The minimum Gasteiger partial charge on any atom is -0.380 e. The number of nitrogens with zero attached hydrogens (tertiary/aromatic N) is 2. The lowest BCUT2D eigenvalue weighted by Gasteiger charge is -2.39. The number of nitrogens with two attached hydrogens (primary N) is 1. The van der Waals surface area contributed by atoms with Crippen molar-refractivity contribution in [3.63, 3.8) is 0 Å². The van der Waals surface area contributed by atoms with Gasteiger partial charge < -0.3 is 15.4 Å². The molecule has 0 saturated carbocycles. The van der Waals surface area contributed by atoms with Crippen molar-refractivity contribution in [2.45, 2.75) is 25.8 Å². The third-order valence-electron chi connectivity index (χ3n) is 3.54. The Kier molecular flexibility index (Phi) is 5.69. The van der Waals surface area contributed by atoms with E-state index >= 15 is 0 Å². The van der Waals surface area contributed by atoms with Crippen molar-refractivity contribution in [3.8, 4) is 0 Å². The molecule has 0 aromatic heterocycles. The second kappa shape index (κ2) is 6.55. The van der Waals surface area contributed by atoms with Crippen LogP contribution in [0.15, 0.2) is 0 Å². The smallest absolute Gasteiger partial charge is 0.0659 e. The monoisotopic (exact) mass is 229 g/mol. The van der Waals surface area contributed by atoms with Gasteiger partial charge in [0.05, 0.1) is 12.1 Å². The second-order valence-electron chi connectivity index (χ2n) is 4.98. The van der Waals surface area contributed by atoms with E-state index in [1.54, 1.807) is 0 Å². The zero-order valence-corrected chi connectivity index (χ0v) is 11.0. The summed E-state index contributed by atoms with van der Waals surface area (Å²) in [5, 5.41) is 0. The molecule has 0 aromatic rings. The van der Waals surface area contributed by atoms with Crippen molar-refractivity contribution in [2.75, 3.05) is 53.0 Å². The van der Waals surface area contributed by atoms with Crippen LogP contribution in [0.25, 0.3) is 0 Å². The van der Waals surface area contributed by atoms with Crippen molar-refractivity contribution in [2.24, 2.45) is 5.73 Å². The number of likely N-dealkylation sites (N-methyl/N-ethyl adjacent to an activating group) is 1. The minimum absolute atomic E-state index is 0.00118. The number of rotatable bonds is 5. The summed E-state index contributed by atoms with van der Waals surface area (Å²) in [5.74, 6) is 0. The van der Waals surface area contributed by atoms with E-state index in [9.17, 15) is 0 Å². The van der Waals surface area contributed by atoms with Crippen LogP contribution in [0.3, 0.4) is 0 Å². The molecular formula is C12H27N3O. The molecule has 0 spiro atoms. The van der Waals surface area contributed by atoms with Gasteiger partial charge in [0.1, 0.15) is 0 Å². The molecule has 1 heterocycles. The molecule has 0 radical (unpaired) electrons. The zero-order valence-electron chi connectivity index (χ0n) is 11.0. The largest absolute Gasteiger partial charge is 0.380 e. The van der Waals surface area contributed by atoms with E-state index in [-0.39, 0.29) is 5.54 Å². The van der Waals surface area contributed by atoms with E-state index < -0.39 is 0 Å². The number of ether oxygens (including phenoxy) is 1. The predicted octanol–water partition coefficient (Wildman–Crippen LogP) is 0.378. The standard InChI is InChI=1S/C12H27N3O/c1-4-16-11-12(2,10-13)15-7-5-6-14(3)8-9-15/h4-11,13H2,1-3H3. The highest BCUT2D eigenvalue weighted by Crippen LogP contribution is 2.17. The van der Waals surface area contributed by atoms with Gasteiger partial charge in [0.2, 0.25) is 0 Å². The number of hydrogen-bond acceptors (Lipinski definition) is 4. The van der Waals surface area contributed by atoms with Crippen molar-refractivity contribution in [1.82, 2.24) is 9.80 Å². The average Bonchev–Trinajstić information content (AvgIpc) is 2.51. The quantitative estimate of drug-likeness (QED) is 0.740. The van der Waals surface area contributed by atoms with E-state index in [1.807, 2.05) is 6.92 Å². The Balaban J connectivity index is 2.56. The molecule has 0 aliphatic carbocycles. The summed E-state index contributed by atoms with van der Waals surface area (Å²) in [5.41, 5.74) is 5.93. The summed E-state index contributed by atoms with van der Waals surface area (Å²) in [6.07, 6.45) is 1.22. The maximum Gasteiger partial charge on any atom is 0.0659 e. The molecular weight excluding hydrogens is 202 g/mol. The van der Waals surface area contributed by atoms with E-state index in [0.29, 0.717) is 6.54 Å². The van der Waals surface area contributed by atoms with Crippen LogP contribution in [0.4, 0.5) is 0 Å². The Morgan fingerprint density at radius 1 is 1.25 bits per heavy atom. The van der Waals surface area contributed by atoms with E-state index in [2.05, 4.69) is 23.8 Å². The molecule has 96 valence electrons. The molecule has 1 fully saturated rings. The SMILES string of the molecule is CCOCC(C)(CN)N1CCCN(C)CC1. The van der Waals surface area contributed by atoms with Crippen molar-refractivity contribution >= 4 is 0 Å². The van der Waals surface area contributed by atoms with E-state index in [4.69, 9.17) is 10.5 Å². The summed E-state index contributed by atoms with van der Waals surface area (Å²) in [6.45, 7) is 11.0. The molecule has 1 rings (SSSR count). The van der Waals surface area contributed by atoms with Gasteiger partial charge in [0.25, 0.3) is 0 Å². The zero-order chi connectivity index (χ0) is 12.0. The molecule has 1 saturated heterocycles. The highest BCUT2D eigenvalue weighted by Gasteiger charge is 2.31. The van der Waals surface area contributed by atoms with Gasteiger partial charge in [-0.3, -0.25) is 4.90 Å². The Bertz CT molecular complexity index is 201. The fourth-order valence-electron chi connectivity index (χ4n) is 2.19. The molecule has 16 heavy (non-hydrogen) atoms. The highest BCUT2D eigenvalue weighted by atomic mass is 16.5. The fraction of sp³-hybridized carbons (Fsp3) is 1.00. The summed E-state index contributed by atoms with van der Waals surface area (Å²) < 4.78 is 5.58. The molecule has 1 aliphatic heterocycles. The summed E-state index contributed by atoms with van der Waals surface area (Å²) in [6, 6.07) is 0. The molecule has 1 unspecified atom stereocenters. The summed E-state index contributed by atoms with van der Waals surface area (Å²) in [7, 11) is 2.19. The van der Waals surface area contributed by atoms with Crippen LogP contribution in [0.1, 0.15) is 20.3 Å². The first-order valence-corrected chi connectivity index (χ1v) is 6.34. The van der Waals surface area contributed by atoms with Crippen LogP contribution in [0.5, 0.6) is 0 Å². The van der Waals surface area contributed by atoms with Gasteiger partial charge in [-0.1, -0.05) is 0 Å². The van der Waals surface area contributed by atoms with E-state index in [1.165, 1.54) is 13.0 Å². The van der Waals surface area contributed by atoms with Crippen molar-refractivity contribution < 1.29 is 4.74 Å². The lowest BCUT2D eigenvalue weighted by atomic mass is 10.0. The Hall–Kier alpha value is -0.160. The lowest BCUT2D eigenvalue weighted by Crippen LogP contribution is -2.55. The van der Waals surface area contributed by atoms with Crippen LogP contribution in [0, 0.1) is 0 Å². The third-order valence-corrected chi connectivity index (χ3v) is 3.54. The third kappa shape index (κ3) is 3.70. The normalized spacial score (nSPS) is 24.0. The van der Waals surface area contributed by atoms with Gasteiger partial charge in [-0.2, -0.15) is 0 Å². The van der Waals surface area contributed by atoms with E-state index in [0.717, 1.165) is 32.8 Å². The fourth-order valence-corrected chi connectivity index (χ4v) is 2.19. The van der Waals surface area contributed by atoms with Gasteiger partial charge in [-0.15, -0.1) is 0 Å². The molecule has 4 heteroatoms. The summed E-state index contributed by atoms with van der Waals surface area (Å²) in [4.78, 5) is 4.88. The molecule has 0 aromatic carbocycles. The van der Waals surface area contributed by atoms with Gasteiger partial charge in [0.15, 0.2) is 0 Å². The van der Waals surface area contributed by atoms with Gasteiger partial charge in [-0.25, -0.2) is 0 Å². The van der Waals surface area contributed by atoms with Crippen molar-refractivity contribution in [1.29, 1.82) is 0 Å². The molecule has 4 nitrogen and oxygen atoms in total. The van der Waals surface area contributed by atoms with Crippen LogP contribution in [-0.4, -0.2) is 68.3 Å².